The molecule has 8 heteroatoms. The third-order valence-corrected chi connectivity index (χ3v) is 8.08. The molecule has 178 valence electrons. The van der Waals surface area contributed by atoms with Gasteiger partial charge >= 0.3 is 0 Å². The van der Waals surface area contributed by atoms with Crippen LogP contribution in [0.5, 0.6) is 11.5 Å². The Morgan fingerprint density at radius 1 is 0.971 bits per heavy atom. The highest BCUT2D eigenvalue weighted by atomic mass is 32.1. The van der Waals surface area contributed by atoms with Crippen LogP contribution in [0, 0.1) is 0 Å². The van der Waals surface area contributed by atoms with Crippen molar-refractivity contribution in [2.75, 3.05) is 6.61 Å². The van der Waals surface area contributed by atoms with Crippen molar-refractivity contribution in [2.24, 2.45) is 0 Å². The number of ether oxygens (including phenoxy) is 2. The van der Waals surface area contributed by atoms with Crippen molar-refractivity contribution in [1.29, 1.82) is 0 Å². The molecule has 0 unspecified atom stereocenters. The lowest BCUT2D eigenvalue weighted by atomic mass is 9.95. The maximum Gasteiger partial charge on any atom is 0.268 e. The standard InChI is InChI=1S/C26H28N2O4S2/c29-25(27-18-8-2-1-3-9-18)24(23-13-7-15-34-23)28(16-19-10-6-14-33-19)26(30)22-17-31-20-11-4-5-12-21(20)32-22/h4-7,10-15,18,22,24H,1-3,8-9,16-17H2,(H,27,29)/t22-,24-/m1/s1. The fraction of sp³-hybridized carbons (Fsp3) is 0.385. The van der Waals surface area contributed by atoms with Crippen LogP contribution in [0.25, 0.3) is 0 Å². The SMILES string of the molecule is O=C(NC1CCCCC1)[C@@H](c1cccs1)N(Cc1cccs1)C(=O)[C@H]1COc2ccccc2O1. The van der Waals surface area contributed by atoms with Gasteiger partial charge < -0.3 is 19.7 Å². The Bertz CT molecular complexity index is 1090. The molecular weight excluding hydrogens is 468 g/mol. The molecule has 2 amide bonds. The average Bonchev–Trinajstić information content (AvgIpc) is 3.58. The van der Waals surface area contributed by atoms with E-state index in [1.165, 1.54) is 17.8 Å². The van der Waals surface area contributed by atoms with Crippen molar-refractivity contribution >= 4 is 34.5 Å². The van der Waals surface area contributed by atoms with Gasteiger partial charge in [-0.3, -0.25) is 9.59 Å². The summed E-state index contributed by atoms with van der Waals surface area (Å²) in [5.41, 5.74) is 0. The number of carbonyl (C=O) groups is 2. The molecule has 5 rings (SSSR count). The molecule has 2 aromatic heterocycles. The molecule has 1 aliphatic carbocycles. The molecule has 3 heterocycles. The van der Waals surface area contributed by atoms with Gasteiger partial charge in [0, 0.05) is 15.8 Å². The van der Waals surface area contributed by atoms with E-state index in [2.05, 4.69) is 5.32 Å². The van der Waals surface area contributed by atoms with Crippen LogP contribution in [0.4, 0.5) is 0 Å². The summed E-state index contributed by atoms with van der Waals surface area (Å²) in [5.74, 6) is 0.792. The minimum atomic E-state index is -0.820. The van der Waals surface area contributed by atoms with Gasteiger partial charge in [0.2, 0.25) is 12.0 Å². The molecule has 0 radical (unpaired) electrons. The molecule has 1 fully saturated rings. The summed E-state index contributed by atoms with van der Waals surface area (Å²) in [5, 5.41) is 7.17. The zero-order valence-corrected chi connectivity index (χ0v) is 20.5. The van der Waals surface area contributed by atoms with Crippen LogP contribution in [0.2, 0.25) is 0 Å². The van der Waals surface area contributed by atoms with Gasteiger partial charge in [-0.15, -0.1) is 22.7 Å². The van der Waals surface area contributed by atoms with Gasteiger partial charge in [-0.1, -0.05) is 43.5 Å². The van der Waals surface area contributed by atoms with Crippen molar-refractivity contribution in [3.63, 3.8) is 0 Å². The number of para-hydroxylation sites is 2. The second kappa shape index (κ2) is 10.6. The number of amides is 2. The molecule has 6 nitrogen and oxygen atoms in total. The first kappa shape index (κ1) is 22.9. The molecule has 2 atom stereocenters. The Labute approximate surface area is 207 Å². The van der Waals surface area contributed by atoms with Gasteiger partial charge in [0.15, 0.2) is 11.5 Å². The Hall–Kier alpha value is -2.84. The predicted octanol–water partition coefficient (Wildman–Crippen LogP) is 5.17. The lowest BCUT2D eigenvalue weighted by Crippen LogP contribution is -2.51. The quantitative estimate of drug-likeness (QED) is 0.490. The van der Waals surface area contributed by atoms with Crippen molar-refractivity contribution in [2.45, 2.75) is 56.8 Å². The van der Waals surface area contributed by atoms with Crippen LogP contribution in [0.15, 0.2) is 59.3 Å². The highest BCUT2D eigenvalue weighted by Gasteiger charge is 2.39. The summed E-state index contributed by atoms with van der Waals surface area (Å²) in [7, 11) is 0. The first-order valence-electron chi connectivity index (χ1n) is 11.7. The van der Waals surface area contributed by atoms with Crippen LogP contribution in [0.1, 0.15) is 47.9 Å². The van der Waals surface area contributed by atoms with Crippen LogP contribution in [-0.2, 0) is 16.1 Å². The maximum atomic E-state index is 13.9. The van der Waals surface area contributed by atoms with Crippen molar-refractivity contribution in [3.05, 3.63) is 69.0 Å². The topological polar surface area (TPSA) is 67.9 Å². The normalized spacial score (nSPS) is 18.8. The molecule has 0 saturated heterocycles. The van der Waals surface area contributed by atoms with Crippen molar-refractivity contribution < 1.29 is 19.1 Å². The Balaban J connectivity index is 1.44. The molecule has 1 aromatic carbocycles. The van der Waals surface area contributed by atoms with Crippen molar-refractivity contribution in [1.82, 2.24) is 10.2 Å². The largest absolute Gasteiger partial charge is 0.485 e. The summed E-state index contributed by atoms with van der Waals surface area (Å²) in [4.78, 5) is 31.1. The highest BCUT2D eigenvalue weighted by molar-refractivity contribution is 7.10. The van der Waals surface area contributed by atoms with E-state index in [-0.39, 0.29) is 24.5 Å². The van der Waals surface area contributed by atoms with E-state index in [1.807, 2.05) is 53.2 Å². The lowest BCUT2D eigenvalue weighted by Gasteiger charge is -2.35. The summed E-state index contributed by atoms with van der Waals surface area (Å²) in [6, 6.07) is 14.6. The second-order valence-corrected chi connectivity index (χ2v) is 10.7. The molecule has 1 saturated carbocycles. The van der Waals surface area contributed by atoms with Gasteiger partial charge in [-0.25, -0.2) is 0 Å². The van der Waals surface area contributed by atoms with E-state index in [0.29, 0.717) is 18.0 Å². The average molecular weight is 497 g/mol. The van der Waals surface area contributed by atoms with Crippen LogP contribution in [-0.4, -0.2) is 35.5 Å². The molecule has 1 N–H and O–H groups in total. The number of thiophene rings is 2. The van der Waals surface area contributed by atoms with Gasteiger partial charge in [0.1, 0.15) is 12.6 Å². The van der Waals surface area contributed by atoms with E-state index in [1.54, 1.807) is 22.3 Å². The predicted molar refractivity (Wildman–Crippen MR) is 133 cm³/mol. The van der Waals surface area contributed by atoms with Crippen molar-refractivity contribution in [3.8, 4) is 11.5 Å². The van der Waals surface area contributed by atoms with Gasteiger partial charge in [-0.05, 0) is 47.9 Å². The van der Waals surface area contributed by atoms with Crippen LogP contribution >= 0.6 is 22.7 Å². The van der Waals surface area contributed by atoms with Gasteiger partial charge in [-0.2, -0.15) is 0 Å². The molecule has 34 heavy (non-hydrogen) atoms. The smallest absolute Gasteiger partial charge is 0.268 e. The minimum absolute atomic E-state index is 0.109. The number of nitrogens with one attached hydrogen (secondary N) is 1. The number of fused-ring (bicyclic) bond motifs is 1. The van der Waals surface area contributed by atoms with Gasteiger partial charge in [0.05, 0.1) is 6.54 Å². The van der Waals surface area contributed by atoms with E-state index in [0.717, 1.165) is 35.4 Å². The fourth-order valence-electron chi connectivity index (χ4n) is 4.59. The number of hydrogen-bond acceptors (Lipinski definition) is 6. The molecule has 3 aromatic rings. The monoisotopic (exact) mass is 496 g/mol. The Morgan fingerprint density at radius 2 is 1.74 bits per heavy atom. The van der Waals surface area contributed by atoms with E-state index >= 15 is 0 Å². The summed E-state index contributed by atoms with van der Waals surface area (Å²) < 4.78 is 11.9. The number of nitrogens with zero attached hydrogens (tertiary/aromatic N) is 1. The summed E-state index contributed by atoms with van der Waals surface area (Å²) >= 11 is 3.06. The number of hydrogen-bond donors (Lipinski definition) is 1. The van der Waals surface area contributed by atoms with E-state index < -0.39 is 12.1 Å². The third-order valence-electron chi connectivity index (χ3n) is 6.30. The second-order valence-electron chi connectivity index (χ2n) is 8.67. The third kappa shape index (κ3) is 5.13. The van der Waals surface area contributed by atoms with E-state index in [4.69, 9.17) is 9.47 Å². The minimum Gasteiger partial charge on any atom is -0.485 e. The number of carbonyl (C=O) groups excluding carboxylic acids is 2. The lowest BCUT2D eigenvalue weighted by molar-refractivity contribution is -0.149. The Kier molecular flexibility index (Phi) is 7.16. The zero-order valence-electron chi connectivity index (χ0n) is 18.9. The summed E-state index contributed by atoms with van der Waals surface area (Å²) in [6.07, 6.45) is 4.61. The van der Waals surface area contributed by atoms with Crippen LogP contribution < -0.4 is 14.8 Å². The number of benzene rings is 1. The van der Waals surface area contributed by atoms with Gasteiger partial charge in [0.25, 0.3) is 5.91 Å². The first-order chi connectivity index (χ1) is 16.7. The fourth-order valence-corrected chi connectivity index (χ4v) is 6.13. The molecule has 0 spiro atoms. The zero-order chi connectivity index (χ0) is 23.3. The molecular formula is C26H28N2O4S2. The molecule has 0 bridgehead atoms. The van der Waals surface area contributed by atoms with E-state index in [9.17, 15) is 9.59 Å². The van der Waals surface area contributed by atoms with Crippen LogP contribution in [0.3, 0.4) is 0 Å². The summed E-state index contributed by atoms with van der Waals surface area (Å²) in [6.45, 7) is 0.441. The molecule has 1 aliphatic heterocycles. The molecule has 2 aliphatic rings. The highest BCUT2D eigenvalue weighted by Crippen LogP contribution is 2.34. The number of rotatable bonds is 7. The Morgan fingerprint density at radius 3 is 2.47 bits per heavy atom. The maximum absolute atomic E-state index is 13.9. The first-order valence-corrected chi connectivity index (χ1v) is 13.5.